The average molecular weight is 447 g/mol. The fraction of sp³-hybridized carbons (Fsp3) is 0.478. The molecule has 0 atom stereocenters. The first-order valence-electron chi connectivity index (χ1n) is 10.6. The molecule has 7 nitrogen and oxygen atoms in total. The minimum absolute atomic E-state index is 0.0226. The van der Waals surface area contributed by atoms with E-state index in [1.165, 1.54) is 13.3 Å². The second kappa shape index (κ2) is 7.88. The number of nitrogens with two attached hydrogens (primary N) is 1. The lowest BCUT2D eigenvalue weighted by Crippen LogP contribution is -2.43. The number of anilines is 1. The van der Waals surface area contributed by atoms with Gasteiger partial charge in [0, 0.05) is 37.3 Å². The Balaban J connectivity index is 1.93. The van der Waals surface area contributed by atoms with Gasteiger partial charge >= 0.3 is 5.97 Å². The third-order valence-electron chi connectivity index (χ3n) is 6.43. The molecule has 0 radical (unpaired) electrons. The Morgan fingerprint density at radius 1 is 1.38 bits per heavy atom. The van der Waals surface area contributed by atoms with Gasteiger partial charge in [0.2, 0.25) is 5.43 Å². The van der Waals surface area contributed by atoms with Gasteiger partial charge in [0.25, 0.3) is 0 Å². The smallest absolute Gasteiger partial charge is 0.341 e. The fourth-order valence-corrected chi connectivity index (χ4v) is 4.78. The Morgan fingerprint density at radius 2 is 2.06 bits per heavy atom. The summed E-state index contributed by atoms with van der Waals surface area (Å²) < 4.78 is 37.1. The first kappa shape index (κ1) is 22.3. The highest BCUT2D eigenvalue weighted by Crippen LogP contribution is 2.46. The molecule has 0 unspecified atom stereocenters. The molecule has 9 heteroatoms. The number of rotatable bonds is 5. The van der Waals surface area contributed by atoms with Crippen LogP contribution in [0.3, 0.4) is 0 Å². The summed E-state index contributed by atoms with van der Waals surface area (Å²) in [6.45, 7) is 4.27. The van der Waals surface area contributed by atoms with Gasteiger partial charge < -0.3 is 25.0 Å². The Labute approximate surface area is 184 Å². The van der Waals surface area contributed by atoms with E-state index in [4.69, 9.17) is 10.5 Å². The van der Waals surface area contributed by atoms with Gasteiger partial charge in [-0.05, 0) is 30.9 Å². The standard InChI is InChI=1S/C23H27F2N3O4/c1-23(2)11-27(7-6-15(23)17(25)9-26)19-16(24)8-13-18(21(19)32-3)28(12-4-5-12)10-14(20(13)29)22(30)31/h8,10,12H,4-7,9,11,26H2,1-3H3,(H,30,31)/b17-15-. The van der Waals surface area contributed by atoms with Crippen LogP contribution in [-0.2, 0) is 0 Å². The number of carboxylic acid groups (broad SMARTS) is 1. The summed E-state index contributed by atoms with van der Waals surface area (Å²) in [5.41, 5.74) is 4.96. The first-order chi connectivity index (χ1) is 15.1. The molecular formula is C23H27F2N3O4. The predicted molar refractivity (Wildman–Crippen MR) is 118 cm³/mol. The first-order valence-corrected chi connectivity index (χ1v) is 10.6. The van der Waals surface area contributed by atoms with Crippen LogP contribution >= 0.6 is 0 Å². The second-order valence-corrected chi connectivity index (χ2v) is 9.09. The molecular weight excluding hydrogens is 420 g/mol. The van der Waals surface area contributed by atoms with E-state index >= 15 is 4.39 Å². The molecule has 4 rings (SSSR count). The van der Waals surface area contributed by atoms with E-state index in [2.05, 4.69) is 0 Å². The number of methoxy groups -OCH3 is 1. The van der Waals surface area contributed by atoms with Crippen molar-refractivity contribution in [1.29, 1.82) is 0 Å². The van der Waals surface area contributed by atoms with E-state index in [9.17, 15) is 19.1 Å². The molecule has 0 spiro atoms. The van der Waals surface area contributed by atoms with Crippen molar-refractivity contribution >= 4 is 22.6 Å². The molecule has 2 aliphatic rings. The van der Waals surface area contributed by atoms with Crippen molar-refractivity contribution < 1.29 is 23.4 Å². The number of carboxylic acids is 1. The van der Waals surface area contributed by atoms with E-state index in [0.717, 1.165) is 18.9 Å². The third kappa shape index (κ3) is 3.54. The van der Waals surface area contributed by atoms with Crippen molar-refractivity contribution in [3.05, 3.63) is 45.3 Å². The predicted octanol–water partition coefficient (Wildman–Crippen LogP) is 3.60. The molecule has 0 bridgehead atoms. The zero-order valence-corrected chi connectivity index (χ0v) is 18.4. The van der Waals surface area contributed by atoms with Crippen molar-refractivity contribution in [3.63, 3.8) is 0 Å². The van der Waals surface area contributed by atoms with E-state index in [-0.39, 0.29) is 35.2 Å². The van der Waals surface area contributed by atoms with E-state index in [1.54, 1.807) is 9.47 Å². The van der Waals surface area contributed by atoms with Crippen LogP contribution in [0.2, 0.25) is 0 Å². The summed E-state index contributed by atoms with van der Waals surface area (Å²) in [6, 6.07) is 1.12. The highest BCUT2D eigenvalue weighted by Gasteiger charge is 2.37. The molecule has 172 valence electrons. The van der Waals surface area contributed by atoms with Gasteiger partial charge in [0.1, 0.15) is 17.1 Å². The minimum Gasteiger partial charge on any atom is -0.492 e. The topological polar surface area (TPSA) is 97.8 Å². The van der Waals surface area contributed by atoms with Gasteiger partial charge in [-0.2, -0.15) is 0 Å². The van der Waals surface area contributed by atoms with Crippen LogP contribution < -0.4 is 20.8 Å². The largest absolute Gasteiger partial charge is 0.492 e. The number of aromatic nitrogens is 1. The second-order valence-electron chi connectivity index (χ2n) is 9.09. The van der Waals surface area contributed by atoms with E-state index < -0.39 is 28.2 Å². The zero-order valence-electron chi connectivity index (χ0n) is 18.4. The van der Waals surface area contributed by atoms with Crippen LogP contribution in [-0.4, -0.2) is 42.4 Å². The van der Waals surface area contributed by atoms with Crippen molar-refractivity contribution in [3.8, 4) is 5.75 Å². The summed E-state index contributed by atoms with van der Waals surface area (Å²) in [5.74, 6) is -2.19. The monoisotopic (exact) mass is 447 g/mol. The summed E-state index contributed by atoms with van der Waals surface area (Å²) in [5, 5.41) is 9.44. The van der Waals surface area contributed by atoms with Crippen LogP contribution in [0, 0.1) is 11.2 Å². The number of benzene rings is 1. The van der Waals surface area contributed by atoms with Gasteiger partial charge in [0.15, 0.2) is 11.6 Å². The number of hydrogen-bond donors (Lipinski definition) is 2. The van der Waals surface area contributed by atoms with Crippen molar-refractivity contribution in [1.82, 2.24) is 4.57 Å². The molecule has 0 amide bonds. The lowest BCUT2D eigenvalue weighted by Gasteiger charge is -2.42. The fourth-order valence-electron chi connectivity index (χ4n) is 4.78. The number of pyridine rings is 1. The van der Waals surface area contributed by atoms with E-state index in [1.807, 2.05) is 13.8 Å². The van der Waals surface area contributed by atoms with Crippen LogP contribution in [0.25, 0.3) is 10.9 Å². The Bertz CT molecular complexity index is 1200. The summed E-state index contributed by atoms with van der Waals surface area (Å²) in [6.07, 6.45) is 3.36. The van der Waals surface area contributed by atoms with Crippen LogP contribution in [0.15, 0.2) is 28.5 Å². The zero-order chi connectivity index (χ0) is 23.4. The van der Waals surface area contributed by atoms with Crippen LogP contribution in [0.4, 0.5) is 14.5 Å². The number of fused-ring (bicyclic) bond motifs is 1. The van der Waals surface area contributed by atoms with Gasteiger partial charge in [-0.1, -0.05) is 13.8 Å². The highest BCUT2D eigenvalue weighted by atomic mass is 19.1. The number of carbonyl (C=O) groups is 1. The molecule has 1 aliphatic carbocycles. The maximum Gasteiger partial charge on any atom is 0.341 e. The van der Waals surface area contributed by atoms with Crippen molar-refractivity contribution in [2.45, 2.75) is 39.2 Å². The highest BCUT2D eigenvalue weighted by molar-refractivity contribution is 5.97. The summed E-state index contributed by atoms with van der Waals surface area (Å²) in [7, 11) is 1.40. The number of halogens is 2. The average Bonchev–Trinajstić information content (AvgIpc) is 3.57. The van der Waals surface area contributed by atoms with Gasteiger partial charge in [-0.25, -0.2) is 13.6 Å². The minimum atomic E-state index is -1.35. The van der Waals surface area contributed by atoms with Gasteiger partial charge in [-0.15, -0.1) is 0 Å². The summed E-state index contributed by atoms with van der Waals surface area (Å²) >= 11 is 0. The van der Waals surface area contributed by atoms with Crippen molar-refractivity contribution in [2.75, 3.05) is 31.6 Å². The van der Waals surface area contributed by atoms with Crippen molar-refractivity contribution in [2.24, 2.45) is 11.1 Å². The molecule has 1 saturated heterocycles. The third-order valence-corrected chi connectivity index (χ3v) is 6.43. The SMILES string of the molecule is COc1c(N2CC/C(=C(/F)CN)C(C)(C)C2)c(F)cc2c(=O)c(C(=O)O)cn(C3CC3)c12. The lowest BCUT2D eigenvalue weighted by atomic mass is 9.78. The molecule has 2 fully saturated rings. The van der Waals surface area contributed by atoms with Crippen LogP contribution in [0.1, 0.15) is 49.5 Å². The van der Waals surface area contributed by atoms with Gasteiger partial charge in [-0.3, -0.25) is 4.79 Å². The number of nitrogens with zero attached hydrogens (tertiary/aromatic N) is 2. The molecule has 2 heterocycles. The Hall–Kier alpha value is -2.94. The van der Waals surface area contributed by atoms with E-state index in [0.29, 0.717) is 30.6 Å². The number of ether oxygens (including phenoxy) is 1. The maximum absolute atomic E-state index is 15.5. The quantitative estimate of drug-likeness (QED) is 0.727. The molecule has 32 heavy (non-hydrogen) atoms. The molecule has 1 saturated carbocycles. The maximum atomic E-state index is 15.5. The number of hydrogen-bond acceptors (Lipinski definition) is 5. The number of aromatic carboxylic acids is 1. The molecule has 3 N–H and O–H groups in total. The molecule has 1 aromatic carbocycles. The number of piperidine rings is 1. The Morgan fingerprint density at radius 3 is 2.59 bits per heavy atom. The lowest BCUT2D eigenvalue weighted by molar-refractivity contribution is 0.0694. The van der Waals surface area contributed by atoms with Gasteiger partial charge in [0.05, 0.1) is 18.0 Å². The summed E-state index contributed by atoms with van der Waals surface area (Å²) in [4.78, 5) is 26.2. The Kier molecular flexibility index (Phi) is 5.48. The molecule has 1 aliphatic heterocycles. The van der Waals surface area contributed by atoms with Crippen LogP contribution in [0.5, 0.6) is 5.75 Å². The normalized spacial score (nSPS) is 19.9. The molecule has 1 aromatic heterocycles. The molecule has 2 aromatic rings.